The van der Waals surface area contributed by atoms with Crippen LogP contribution in [0.5, 0.6) is 0 Å². The van der Waals surface area contributed by atoms with Crippen LogP contribution in [0.3, 0.4) is 0 Å². The summed E-state index contributed by atoms with van der Waals surface area (Å²) in [4.78, 5) is 15.7. The third-order valence-electron chi connectivity index (χ3n) is 4.08. The molecule has 0 saturated carbocycles. The molecule has 2 rings (SSSR count). The van der Waals surface area contributed by atoms with Crippen LogP contribution >= 0.6 is 0 Å². The topological polar surface area (TPSA) is 43.8 Å². The maximum atomic E-state index is 11.0. The van der Waals surface area contributed by atoms with E-state index >= 15 is 0 Å². The first-order valence-electron chi connectivity index (χ1n) is 6.74. The highest BCUT2D eigenvalue weighted by atomic mass is 16.4. The Labute approximate surface area is 114 Å². The third kappa shape index (κ3) is 3.07. The van der Waals surface area contributed by atoms with Gasteiger partial charge in [0.15, 0.2) is 0 Å². The summed E-state index contributed by atoms with van der Waals surface area (Å²) in [5.41, 5.74) is 2.32. The molecular weight excluding hydrogens is 240 g/mol. The van der Waals surface area contributed by atoms with Crippen LogP contribution < -0.4 is 4.90 Å². The highest BCUT2D eigenvalue weighted by molar-refractivity contribution is 5.89. The Bertz CT molecular complexity index is 465. The van der Waals surface area contributed by atoms with Crippen molar-refractivity contribution in [2.75, 3.05) is 32.1 Å². The first-order valence-corrected chi connectivity index (χ1v) is 6.74. The standard InChI is InChI=1S/C15H22N2O2/c1-11-10-13(4-5-14(11)15(18)19)17(3)12-6-8-16(2)9-7-12/h4-5,10,12H,6-9H2,1-3H3,(H,18,19). The maximum Gasteiger partial charge on any atom is 0.335 e. The molecule has 1 N–H and O–H groups in total. The average Bonchev–Trinajstić information content (AvgIpc) is 2.38. The van der Waals surface area contributed by atoms with E-state index in [1.165, 1.54) is 0 Å². The SMILES string of the molecule is Cc1cc(N(C)C2CCN(C)CC2)ccc1C(=O)O. The number of likely N-dealkylation sites (tertiary alicyclic amines) is 1. The van der Waals surface area contributed by atoms with Gasteiger partial charge in [0.2, 0.25) is 0 Å². The van der Waals surface area contributed by atoms with Crippen molar-refractivity contribution >= 4 is 11.7 Å². The second-order valence-corrected chi connectivity index (χ2v) is 5.45. The van der Waals surface area contributed by atoms with Crippen LogP contribution in [0.2, 0.25) is 0 Å². The number of carbonyl (C=O) groups is 1. The minimum atomic E-state index is -0.856. The summed E-state index contributed by atoms with van der Waals surface area (Å²) >= 11 is 0. The van der Waals surface area contributed by atoms with Crippen molar-refractivity contribution in [2.45, 2.75) is 25.8 Å². The number of carboxylic acids is 1. The molecule has 0 unspecified atom stereocenters. The fourth-order valence-electron chi connectivity index (χ4n) is 2.70. The molecule has 4 nitrogen and oxygen atoms in total. The molecule has 1 aromatic rings. The smallest absolute Gasteiger partial charge is 0.335 e. The largest absolute Gasteiger partial charge is 0.478 e. The molecule has 1 aliphatic rings. The van der Waals surface area contributed by atoms with E-state index in [-0.39, 0.29) is 0 Å². The summed E-state index contributed by atoms with van der Waals surface area (Å²) in [6.07, 6.45) is 2.32. The molecule has 1 aliphatic heterocycles. The maximum absolute atomic E-state index is 11.0. The number of hydrogen-bond donors (Lipinski definition) is 1. The Hall–Kier alpha value is -1.55. The van der Waals surface area contributed by atoms with Gasteiger partial charge in [-0.15, -0.1) is 0 Å². The van der Waals surface area contributed by atoms with Gasteiger partial charge in [-0.25, -0.2) is 4.79 Å². The second kappa shape index (κ2) is 5.61. The van der Waals surface area contributed by atoms with Gasteiger partial charge in [-0.2, -0.15) is 0 Å². The summed E-state index contributed by atoms with van der Waals surface area (Å²) < 4.78 is 0. The van der Waals surface area contributed by atoms with Crippen LogP contribution in [0.1, 0.15) is 28.8 Å². The number of rotatable bonds is 3. The number of hydrogen-bond acceptors (Lipinski definition) is 3. The Morgan fingerprint density at radius 3 is 2.53 bits per heavy atom. The average molecular weight is 262 g/mol. The van der Waals surface area contributed by atoms with Crippen molar-refractivity contribution in [1.29, 1.82) is 0 Å². The third-order valence-corrected chi connectivity index (χ3v) is 4.08. The lowest BCUT2D eigenvalue weighted by Gasteiger charge is -2.36. The molecule has 0 amide bonds. The number of carboxylic acid groups (broad SMARTS) is 1. The number of benzene rings is 1. The molecular formula is C15H22N2O2. The van der Waals surface area contributed by atoms with Crippen LogP contribution in [0.25, 0.3) is 0 Å². The Balaban J connectivity index is 2.13. The summed E-state index contributed by atoms with van der Waals surface area (Å²) in [6, 6.07) is 6.14. The summed E-state index contributed by atoms with van der Waals surface area (Å²) in [7, 11) is 4.26. The van der Waals surface area contributed by atoms with Crippen LogP contribution in [-0.4, -0.2) is 49.2 Å². The predicted octanol–water partition coefficient (Wildman–Crippen LogP) is 2.22. The van der Waals surface area contributed by atoms with Gasteiger partial charge in [-0.1, -0.05) is 0 Å². The zero-order chi connectivity index (χ0) is 14.0. The fourth-order valence-corrected chi connectivity index (χ4v) is 2.70. The van der Waals surface area contributed by atoms with E-state index in [0.29, 0.717) is 11.6 Å². The first-order chi connectivity index (χ1) is 8.99. The highest BCUT2D eigenvalue weighted by Crippen LogP contribution is 2.24. The number of aromatic carboxylic acids is 1. The van der Waals surface area contributed by atoms with Crippen LogP contribution in [0, 0.1) is 6.92 Å². The van der Waals surface area contributed by atoms with Crippen molar-refractivity contribution in [1.82, 2.24) is 4.90 Å². The number of aryl methyl sites for hydroxylation is 1. The Morgan fingerprint density at radius 2 is 2.00 bits per heavy atom. The van der Waals surface area contributed by atoms with Crippen LogP contribution in [-0.2, 0) is 0 Å². The monoisotopic (exact) mass is 262 g/mol. The number of nitrogens with zero attached hydrogens (tertiary/aromatic N) is 2. The van der Waals surface area contributed by atoms with E-state index in [9.17, 15) is 4.79 Å². The molecule has 19 heavy (non-hydrogen) atoms. The summed E-state index contributed by atoms with van der Waals surface area (Å²) in [6.45, 7) is 4.11. The van der Waals surface area contributed by atoms with E-state index in [4.69, 9.17) is 5.11 Å². The van der Waals surface area contributed by atoms with Gasteiger partial charge in [0.25, 0.3) is 0 Å². The van der Waals surface area contributed by atoms with Gasteiger partial charge < -0.3 is 14.9 Å². The molecule has 104 valence electrons. The molecule has 0 bridgehead atoms. The van der Waals surface area contributed by atoms with Gasteiger partial charge in [-0.3, -0.25) is 0 Å². The molecule has 0 spiro atoms. The van der Waals surface area contributed by atoms with E-state index in [1.54, 1.807) is 6.07 Å². The Kier molecular flexibility index (Phi) is 4.10. The molecule has 1 saturated heterocycles. The van der Waals surface area contributed by atoms with Crippen molar-refractivity contribution in [3.8, 4) is 0 Å². The van der Waals surface area contributed by atoms with Crippen molar-refractivity contribution in [2.24, 2.45) is 0 Å². The van der Waals surface area contributed by atoms with Crippen molar-refractivity contribution in [3.05, 3.63) is 29.3 Å². The van der Waals surface area contributed by atoms with Gasteiger partial charge in [-0.05, 0) is 63.7 Å². The van der Waals surface area contributed by atoms with E-state index < -0.39 is 5.97 Å². The van der Waals surface area contributed by atoms with Crippen molar-refractivity contribution < 1.29 is 9.90 Å². The molecule has 1 heterocycles. The quantitative estimate of drug-likeness (QED) is 0.907. The normalized spacial score (nSPS) is 17.4. The zero-order valence-electron chi connectivity index (χ0n) is 11.9. The molecule has 1 fully saturated rings. The van der Waals surface area contributed by atoms with Crippen LogP contribution in [0.15, 0.2) is 18.2 Å². The van der Waals surface area contributed by atoms with Gasteiger partial charge in [0.1, 0.15) is 0 Å². The minimum absolute atomic E-state index is 0.389. The summed E-state index contributed by atoms with van der Waals surface area (Å²) in [5.74, 6) is -0.856. The molecule has 1 aromatic carbocycles. The number of piperidine rings is 1. The molecule has 0 aromatic heterocycles. The predicted molar refractivity (Wildman–Crippen MR) is 77.1 cm³/mol. The molecule has 0 atom stereocenters. The van der Waals surface area contributed by atoms with E-state index in [0.717, 1.165) is 37.2 Å². The lowest BCUT2D eigenvalue weighted by molar-refractivity contribution is 0.0696. The molecule has 4 heteroatoms. The van der Waals surface area contributed by atoms with Gasteiger partial charge in [0, 0.05) is 18.8 Å². The summed E-state index contributed by atoms with van der Waals surface area (Å²) in [5, 5.41) is 9.05. The number of anilines is 1. The van der Waals surface area contributed by atoms with E-state index in [2.05, 4.69) is 23.9 Å². The lowest BCUT2D eigenvalue weighted by atomic mass is 10.0. The van der Waals surface area contributed by atoms with Gasteiger partial charge >= 0.3 is 5.97 Å². The van der Waals surface area contributed by atoms with E-state index in [1.807, 2.05) is 19.1 Å². The molecule has 0 aliphatic carbocycles. The highest BCUT2D eigenvalue weighted by Gasteiger charge is 2.21. The van der Waals surface area contributed by atoms with Crippen molar-refractivity contribution in [3.63, 3.8) is 0 Å². The molecule has 0 radical (unpaired) electrons. The minimum Gasteiger partial charge on any atom is -0.478 e. The van der Waals surface area contributed by atoms with Crippen LogP contribution in [0.4, 0.5) is 5.69 Å². The first kappa shape index (κ1) is 13.9. The second-order valence-electron chi connectivity index (χ2n) is 5.45. The Morgan fingerprint density at radius 1 is 1.37 bits per heavy atom. The zero-order valence-corrected chi connectivity index (χ0v) is 11.9. The lowest BCUT2D eigenvalue weighted by Crippen LogP contribution is -2.42. The van der Waals surface area contributed by atoms with Gasteiger partial charge in [0.05, 0.1) is 5.56 Å². The fraction of sp³-hybridized carbons (Fsp3) is 0.533.